The summed E-state index contributed by atoms with van der Waals surface area (Å²) in [6.07, 6.45) is 3.94. The highest BCUT2D eigenvalue weighted by Gasteiger charge is 2.29. The topological polar surface area (TPSA) is 65.8 Å². The van der Waals surface area contributed by atoms with Gasteiger partial charge in [-0.05, 0) is 25.3 Å². The van der Waals surface area contributed by atoms with Crippen LogP contribution in [0.4, 0.5) is 0 Å². The van der Waals surface area contributed by atoms with E-state index in [2.05, 4.69) is 16.4 Å². The number of carbonyl (C=O) groups is 1. The number of hydrogen-bond acceptors (Lipinski definition) is 3. The maximum Gasteiger partial charge on any atom is 0.253 e. The van der Waals surface area contributed by atoms with E-state index in [9.17, 15) is 4.79 Å². The van der Waals surface area contributed by atoms with Crippen molar-refractivity contribution in [3.05, 3.63) is 28.0 Å². The van der Waals surface area contributed by atoms with E-state index >= 15 is 0 Å². The molecule has 0 saturated heterocycles. The third kappa shape index (κ3) is 2.74. The standard InChI is InChI=1S/C12H11Cl2N3O/c13-9-6-16-11(14)4-8(9)12(18)17-10-3-1-2-7(10)5-15/h4,6-7,10H,1-3H2,(H,17,18). The first-order chi connectivity index (χ1) is 8.61. The molecular weight excluding hydrogens is 273 g/mol. The quantitative estimate of drug-likeness (QED) is 0.849. The number of amides is 1. The van der Waals surface area contributed by atoms with E-state index in [0.717, 1.165) is 19.3 Å². The summed E-state index contributed by atoms with van der Waals surface area (Å²) in [5, 5.41) is 12.3. The Morgan fingerprint density at radius 2 is 2.28 bits per heavy atom. The van der Waals surface area contributed by atoms with Crippen molar-refractivity contribution in [1.82, 2.24) is 10.3 Å². The molecule has 0 aromatic carbocycles. The van der Waals surface area contributed by atoms with Gasteiger partial charge in [-0.15, -0.1) is 0 Å². The molecule has 2 rings (SSSR count). The highest BCUT2D eigenvalue weighted by atomic mass is 35.5. The summed E-state index contributed by atoms with van der Waals surface area (Å²) >= 11 is 11.6. The summed E-state index contributed by atoms with van der Waals surface area (Å²) < 4.78 is 0. The van der Waals surface area contributed by atoms with Gasteiger partial charge in [-0.1, -0.05) is 23.2 Å². The molecule has 6 heteroatoms. The largest absolute Gasteiger partial charge is 0.348 e. The number of nitrogens with zero attached hydrogens (tertiary/aromatic N) is 2. The lowest BCUT2D eigenvalue weighted by molar-refractivity contribution is 0.0933. The van der Waals surface area contributed by atoms with E-state index in [-0.39, 0.29) is 28.0 Å². The Labute approximate surface area is 115 Å². The van der Waals surface area contributed by atoms with Crippen molar-refractivity contribution in [2.45, 2.75) is 25.3 Å². The van der Waals surface area contributed by atoms with Crippen LogP contribution in [-0.2, 0) is 0 Å². The molecule has 1 saturated carbocycles. The number of hydrogen-bond donors (Lipinski definition) is 1. The van der Waals surface area contributed by atoms with Crippen molar-refractivity contribution in [2.24, 2.45) is 5.92 Å². The third-order valence-corrected chi connectivity index (χ3v) is 3.57. The van der Waals surface area contributed by atoms with Crippen molar-refractivity contribution in [2.75, 3.05) is 0 Å². The van der Waals surface area contributed by atoms with Crippen molar-refractivity contribution >= 4 is 29.1 Å². The average Bonchev–Trinajstić information content (AvgIpc) is 2.79. The minimum Gasteiger partial charge on any atom is -0.348 e. The Morgan fingerprint density at radius 3 is 3.00 bits per heavy atom. The second kappa shape index (κ2) is 5.55. The molecule has 1 aliphatic carbocycles. The van der Waals surface area contributed by atoms with Crippen molar-refractivity contribution in [3.8, 4) is 6.07 Å². The van der Waals surface area contributed by atoms with Crippen LogP contribution < -0.4 is 5.32 Å². The van der Waals surface area contributed by atoms with Crippen molar-refractivity contribution < 1.29 is 4.79 Å². The van der Waals surface area contributed by atoms with E-state index in [0.29, 0.717) is 5.56 Å². The van der Waals surface area contributed by atoms with Gasteiger partial charge in [-0.25, -0.2) is 4.98 Å². The molecule has 1 aromatic rings. The maximum absolute atomic E-state index is 12.0. The Bertz CT molecular complexity index is 513. The van der Waals surface area contributed by atoms with Crippen LogP contribution in [0, 0.1) is 17.2 Å². The molecule has 1 aromatic heterocycles. The highest BCUT2D eigenvalue weighted by molar-refractivity contribution is 6.35. The van der Waals surface area contributed by atoms with Gasteiger partial charge in [0.05, 0.1) is 22.6 Å². The Hall–Kier alpha value is -1.31. The summed E-state index contributed by atoms with van der Waals surface area (Å²) in [6.45, 7) is 0. The van der Waals surface area contributed by atoms with Gasteiger partial charge in [0.1, 0.15) is 5.15 Å². The summed E-state index contributed by atoms with van der Waals surface area (Å²) in [5.74, 6) is -0.429. The molecule has 1 fully saturated rings. The molecule has 0 radical (unpaired) electrons. The van der Waals surface area contributed by atoms with Crippen LogP contribution in [-0.4, -0.2) is 16.9 Å². The molecule has 1 aliphatic rings. The van der Waals surface area contributed by atoms with E-state index in [1.807, 2.05) is 0 Å². The van der Waals surface area contributed by atoms with E-state index in [1.165, 1.54) is 12.3 Å². The first-order valence-electron chi connectivity index (χ1n) is 5.63. The SMILES string of the molecule is N#CC1CCCC1NC(=O)c1cc(Cl)ncc1Cl. The maximum atomic E-state index is 12.0. The molecule has 94 valence electrons. The van der Waals surface area contributed by atoms with Crippen LogP contribution in [0.3, 0.4) is 0 Å². The lowest BCUT2D eigenvalue weighted by Gasteiger charge is -2.16. The molecular formula is C12H11Cl2N3O. The number of carbonyl (C=O) groups excluding carboxylic acids is 1. The van der Waals surface area contributed by atoms with Crippen LogP contribution in [0.2, 0.25) is 10.2 Å². The van der Waals surface area contributed by atoms with Gasteiger partial charge in [0.15, 0.2) is 0 Å². The number of pyridine rings is 1. The summed E-state index contributed by atoms with van der Waals surface area (Å²) in [5.41, 5.74) is 0.292. The second-order valence-corrected chi connectivity index (χ2v) is 5.03. The van der Waals surface area contributed by atoms with Gasteiger partial charge in [0.25, 0.3) is 5.91 Å². The third-order valence-electron chi connectivity index (χ3n) is 3.06. The summed E-state index contributed by atoms with van der Waals surface area (Å²) in [7, 11) is 0. The van der Waals surface area contributed by atoms with Crippen molar-refractivity contribution in [1.29, 1.82) is 5.26 Å². The van der Waals surface area contributed by atoms with Crippen LogP contribution in [0.5, 0.6) is 0 Å². The van der Waals surface area contributed by atoms with Gasteiger partial charge >= 0.3 is 0 Å². The monoisotopic (exact) mass is 283 g/mol. The van der Waals surface area contributed by atoms with Crippen LogP contribution in [0.1, 0.15) is 29.6 Å². The zero-order valence-corrected chi connectivity index (χ0v) is 11.0. The molecule has 1 amide bonds. The average molecular weight is 284 g/mol. The minimum atomic E-state index is -0.309. The smallest absolute Gasteiger partial charge is 0.253 e. The number of aromatic nitrogens is 1. The van der Waals surface area contributed by atoms with Gasteiger partial charge in [0.2, 0.25) is 0 Å². The lowest BCUT2D eigenvalue weighted by atomic mass is 10.1. The predicted octanol–water partition coefficient (Wildman–Crippen LogP) is 2.81. The molecule has 2 atom stereocenters. The van der Waals surface area contributed by atoms with Crippen LogP contribution in [0.25, 0.3) is 0 Å². The van der Waals surface area contributed by atoms with Gasteiger partial charge in [-0.3, -0.25) is 4.79 Å². The fourth-order valence-electron chi connectivity index (χ4n) is 2.12. The minimum absolute atomic E-state index is 0.106. The predicted molar refractivity (Wildman–Crippen MR) is 68.5 cm³/mol. The molecule has 4 nitrogen and oxygen atoms in total. The normalized spacial score (nSPS) is 22.5. The van der Waals surface area contributed by atoms with Gasteiger partial charge in [-0.2, -0.15) is 5.26 Å². The lowest BCUT2D eigenvalue weighted by Crippen LogP contribution is -2.37. The van der Waals surface area contributed by atoms with Crippen molar-refractivity contribution in [3.63, 3.8) is 0 Å². The Kier molecular flexibility index (Phi) is 4.05. The summed E-state index contributed by atoms with van der Waals surface area (Å²) in [4.78, 5) is 15.8. The fourth-order valence-corrected chi connectivity index (χ4v) is 2.47. The van der Waals surface area contributed by atoms with E-state index in [1.54, 1.807) is 0 Å². The van der Waals surface area contributed by atoms with Crippen LogP contribution >= 0.6 is 23.2 Å². The number of rotatable bonds is 2. The van der Waals surface area contributed by atoms with Gasteiger partial charge < -0.3 is 5.32 Å². The summed E-state index contributed by atoms with van der Waals surface area (Å²) in [6, 6.07) is 3.53. The molecule has 1 N–H and O–H groups in total. The molecule has 0 aliphatic heterocycles. The van der Waals surface area contributed by atoms with E-state index < -0.39 is 0 Å². The molecule has 18 heavy (non-hydrogen) atoms. The number of nitriles is 1. The molecule has 2 unspecified atom stereocenters. The Balaban J connectivity index is 2.13. The van der Waals surface area contributed by atoms with Crippen LogP contribution in [0.15, 0.2) is 12.3 Å². The molecule has 0 spiro atoms. The van der Waals surface area contributed by atoms with Gasteiger partial charge in [0, 0.05) is 12.2 Å². The fraction of sp³-hybridized carbons (Fsp3) is 0.417. The first-order valence-corrected chi connectivity index (χ1v) is 6.39. The zero-order chi connectivity index (χ0) is 13.1. The number of halogens is 2. The first kappa shape index (κ1) is 13.1. The number of nitrogens with one attached hydrogen (secondary N) is 1. The molecule has 1 heterocycles. The molecule has 0 bridgehead atoms. The Morgan fingerprint density at radius 1 is 1.50 bits per heavy atom. The second-order valence-electron chi connectivity index (χ2n) is 4.23. The van der Waals surface area contributed by atoms with E-state index in [4.69, 9.17) is 28.5 Å². The zero-order valence-electron chi connectivity index (χ0n) is 9.49. The highest BCUT2D eigenvalue weighted by Crippen LogP contribution is 2.26.